The quantitative estimate of drug-likeness (QED) is 0.156. The molecule has 0 rings (SSSR count). The van der Waals surface area contributed by atoms with Gasteiger partial charge in [0.2, 0.25) is 0 Å². The lowest BCUT2D eigenvalue weighted by Crippen LogP contribution is -2.39. The van der Waals surface area contributed by atoms with Crippen LogP contribution in [0, 0.1) is 0 Å². The maximum atomic E-state index is 8.66. The topological polar surface area (TPSA) is 181 Å². The van der Waals surface area contributed by atoms with E-state index in [4.69, 9.17) is 36.3 Å². The molecule has 0 spiro atoms. The van der Waals surface area contributed by atoms with Gasteiger partial charge in [-0.2, -0.15) is 0 Å². The molecule has 0 fully saturated rings. The second-order valence-corrected chi connectivity index (χ2v) is 90.3. The second-order valence-electron chi connectivity index (χ2n) is 29.7. The van der Waals surface area contributed by atoms with Gasteiger partial charge in [-0.1, -0.05) is 114 Å². The van der Waals surface area contributed by atoms with Crippen LogP contribution in [0.15, 0.2) is 12.3 Å². The molecule has 0 amide bonds. The first-order valence-corrected chi connectivity index (χ1v) is 73.0. The predicted octanol–water partition coefficient (Wildman–Crippen LogP) is 18.0. The lowest BCUT2D eigenvalue weighted by molar-refractivity contribution is 0.405. The highest BCUT2D eigenvalue weighted by Crippen LogP contribution is 2.20. The third-order valence-corrected chi connectivity index (χ3v) is 21.1. The minimum Gasteiger partial charge on any atom is -0.456 e. The monoisotopic (exact) mass is 1320 g/mol. The summed E-state index contributed by atoms with van der Waals surface area (Å²) < 4.78 is 22.2. The molecule has 24 heteroatoms. The standard InChI is InChI=1S/C8H22OSi2.2C6H18OSi2.C5H12Si.5C3H10OSi.2C3H10Si.4CH4.2H2O.2H2/c1-9-11(5,6)8-7-10(2,3)4;2*1-8(2,3)7-9(4,5)6;1-5-6(2,3)4;4*1-5(2,3)4;1-4-5(2)3;2*1-4(2)3;;;;;;;;/h7-8H2,1-6H3;2*1-6H3;5H,1H2,2-4H3;4*4H,1-3H3;5H,1-3H3;2*4H,1-3H3;4*1H4;2*1H2;2*1H. The van der Waals surface area contributed by atoms with Gasteiger partial charge in [-0.3, -0.25) is 0 Å². The van der Waals surface area contributed by atoms with E-state index in [9.17, 15) is 0 Å². The Kier molecular flexibility index (Phi) is 97.4. The molecule has 0 heterocycles. The molecule has 0 saturated carbocycles. The van der Waals surface area contributed by atoms with Crippen molar-refractivity contribution in [2.24, 2.45) is 0 Å². The van der Waals surface area contributed by atoms with Crippen LogP contribution in [-0.2, 0) is 17.1 Å². The molecule has 74 heavy (non-hydrogen) atoms. The molecule has 0 aromatic heterocycles. The average molecular weight is 1320 g/mol. The summed E-state index contributed by atoms with van der Waals surface area (Å²) >= 11 is 0. The highest BCUT2D eigenvalue weighted by Gasteiger charge is 2.26. The average Bonchev–Trinajstić information content (AvgIpc) is 2.89. The van der Waals surface area contributed by atoms with Crippen LogP contribution in [0.25, 0.3) is 0 Å². The van der Waals surface area contributed by atoms with Crippen molar-refractivity contribution in [3.8, 4) is 0 Å². The zero-order chi connectivity index (χ0) is 59.2. The minimum atomic E-state index is -1.61. The second kappa shape index (κ2) is 58.6. The molecule has 10 nitrogen and oxygen atoms in total. The SMILES string of the molecule is C.C.C.C.C=C[Si](C)(C)C.CO[SiH](C)C.CO[Si](C)(C)CC[Si](C)(C)C.C[SiH](C)C.C[SiH](C)C.C[Si](C)(C)O.C[Si](C)(C)O.C[Si](C)(C)O.C[Si](C)(C)O.C[Si](C)(C)O[Si](C)(C)C.C[Si](C)(C)O[Si](C)(C)C.O.O.[HH].[HH]. The molecule has 0 atom stereocenters. The fraction of sp³-hybridized carbons (Fsp3) is 0.960. The van der Waals surface area contributed by atoms with Crippen LogP contribution in [0.5, 0.6) is 0 Å². The third kappa shape index (κ3) is 464. The van der Waals surface area contributed by atoms with Gasteiger partial charge in [-0.05, 0) is 189 Å². The van der Waals surface area contributed by atoms with Gasteiger partial charge >= 0.3 is 0 Å². The van der Waals surface area contributed by atoms with Crippen molar-refractivity contribution >= 4 is 118 Å². The molecule has 0 aliphatic carbocycles. The first-order chi connectivity index (χ1) is 28.5. The molecule has 0 saturated heterocycles. The van der Waals surface area contributed by atoms with Crippen LogP contribution in [0.2, 0.25) is 274 Å². The van der Waals surface area contributed by atoms with Gasteiger partial charge in [-0.25, -0.2) is 0 Å². The van der Waals surface area contributed by atoms with Crippen molar-refractivity contribution in [1.82, 2.24) is 0 Å². The smallest absolute Gasteiger partial charge is 0.185 e. The first-order valence-electron chi connectivity index (χ1n) is 25.5. The van der Waals surface area contributed by atoms with Crippen LogP contribution >= 0.6 is 0 Å². The van der Waals surface area contributed by atoms with Gasteiger partial charge in [-0.15, -0.1) is 12.3 Å². The molecule has 0 aliphatic rings. The van der Waals surface area contributed by atoms with Gasteiger partial charge in [0, 0.05) is 42.7 Å². The molecule has 8 N–H and O–H groups in total. The van der Waals surface area contributed by atoms with Crippen LogP contribution in [0.3, 0.4) is 0 Å². The van der Waals surface area contributed by atoms with Crippen LogP contribution in [0.4, 0.5) is 0 Å². The molecule has 0 aliphatic heterocycles. The lowest BCUT2D eigenvalue weighted by atomic mass is 10.9. The largest absolute Gasteiger partial charge is 0.456 e. The molecule has 0 bridgehead atoms. The van der Waals surface area contributed by atoms with Crippen molar-refractivity contribution in [1.29, 1.82) is 0 Å². The van der Waals surface area contributed by atoms with E-state index in [-0.39, 0.29) is 61.1 Å². The lowest BCUT2D eigenvalue weighted by Gasteiger charge is -2.27. The molecule has 0 unspecified atom stereocenters. The Balaban J connectivity index is -0.0000000278. The highest BCUT2D eigenvalue weighted by atomic mass is 28.4. The number of rotatable bonds is 10. The third-order valence-electron chi connectivity index (χ3n) is 4.34. The van der Waals surface area contributed by atoms with E-state index in [1.54, 1.807) is 7.11 Å². The van der Waals surface area contributed by atoms with E-state index in [2.05, 4.69) is 196 Å². The number of hydrogen-bond acceptors (Lipinski definition) is 8. The summed E-state index contributed by atoms with van der Waals surface area (Å²) in [5.74, 6) is 0. The zero-order valence-corrected chi connectivity index (χ0v) is 70.8. The molecular formula is C50H164O10Si14. The number of hydrogen-bond donors (Lipinski definition) is 4. The van der Waals surface area contributed by atoms with E-state index in [0.29, 0.717) is 0 Å². The van der Waals surface area contributed by atoms with Crippen molar-refractivity contribution in [3.63, 3.8) is 0 Å². The molecular weight excluding hydrogens is 1150 g/mol. The van der Waals surface area contributed by atoms with Crippen LogP contribution < -0.4 is 0 Å². The van der Waals surface area contributed by atoms with Gasteiger partial charge in [0.05, 0.1) is 8.07 Å². The minimum absolute atomic E-state index is 0. The maximum absolute atomic E-state index is 8.66. The van der Waals surface area contributed by atoms with Gasteiger partial charge in [0.1, 0.15) is 0 Å². The Morgan fingerprint density at radius 3 is 0.541 bits per heavy atom. The Hall–Kier alpha value is 2.38. The summed E-state index contributed by atoms with van der Waals surface area (Å²) in [5, 5.41) is 0. The van der Waals surface area contributed by atoms with Crippen molar-refractivity contribution in [2.45, 2.75) is 304 Å². The predicted molar refractivity (Wildman–Crippen MR) is 403 cm³/mol. The van der Waals surface area contributed by atoms with E-state index in [1.165, 1.54) is 12.1 Å². The van der Waals surface area contributed by atoms with Crippen molar-refractivity contribution in [2.75, 3.05) is 14.2 Å². The highest BCUT2D eigenvalue weighted by molar-refractivity contribution is 6.84. The molecule has 480 valence electrons. The zero-order valence-electron chi connectivity index (χ0n) is 56.4. The molecule has 0 radical (unpaired) electrons. The van der Waals surface area contributed by atoms with Crippen LogP contribution in [-0.4, -0.2) is 162 Å². The summed E-state index contributed by atoms with van der Waals surface area (Å²) in [5.41, 5.74) is 2.08. The molecule has 0 aromatic carbocycles. The summed E-state index contributed by atoms with van der Waals surface area (Å²) in [7, 11) is -11.6. The van der Waals surface area contributed by atoms with E-state index >= 15 is 0 Å². The van der Waals surface area contributed by atoms with E-state index in [0.717, 1.165) is 0 Å². The Bertz CT molecular complexity index is 937. The van der Waals surface area contributed by atoms with E-state index < -0.39 is 100 Å². The maximum Gasteiger partial charge on any atom is 0.185 e. The molecule has 0 aromatic rings. The van der Waals surface area contributed by atoms with Gasteiger partial charge in [0.15, 0.2) is 83.9 Å². The van der Waals surface area contributed by atoms with Crippen molar-refractivity contribution in [3.05, 3.63) is 12.3 Å². The Morgan fingerprint density at radius 2 is 0.500 bits per heavy atom. The normalized spacial score (nSPS) is 11.2. The summed E-state index contributed by atoms with van der Waals surface area (Å²) in [4.78, 5) is 34.6. The fourth-order valence-corrected chi connectivity index (χ4v) is 22.9. The van der Waals surface area contributed by atoms with Crippen LogP contribution in [0.1, 0.15) is 32.6 Å². The van der Waals surface area contributed by atoms with Gasteiger partial charge in [0.25, 0.3) is 0 Å². The Labute approximate surface area is 494 Å². The van der Waals surface area contributed by atoms with Crippen molar-refractivity contribution < 1.29 is 50.1 Å². The van der Waals surface area contributed by atoms with E-state index in [1.807, 2.05) is 85.7 Å². The first kappa shape index (κ1) is 123. The Morgan fingerprint density at radius 1 is 0.378 bits per heavy atom. The van der Waals surface area contributed by atoms with Gasteiger partial charge < -0.3 is 47.2 Å². The summed E-state index contributed by atoms with van der Waals surface area (Å²) in [6, 6.07) is 2.75. The summed E-state index contributed by atoms with van der Waals surface area (Å²) in [6.07, 6.45) is 0. The summed E-state index contributed by atoms with van der Waals surface area (Å²) in [6.45, 7) is 89.9. The fourth-order valence-electron chi connectivity index (χ4n) is 2.62.